The van der Waals surface area contributed by atoms with Gasteiger partial charge in [0.25, 0.3) is 0 Å². The minimum atomic E-state index is 0.535. The van der Waals surface area contributed by atoms with E-state index >= 15 is 0 Å². The highest BCUT2D eigenvalue weighted by Gasteiger charge is 2.25. The molecule has 9 aromatic carbocycles. The first-order valence-corrected chi connectivity index (χ1v) is 25.4. The number of fused-ring (bicyclic) bond motifs is 10. The van der Waals surface area contributed by atoms with Crippen LogP contribution in [0, 0.1) is 0 Å². The van der Waals surface area contributed by atoms with Gasteiger partial charge in [0, 0.05) is 71.5 Å². The molecule has 5 heterocycles. The minimum Gasteiger partial charge on any atom is -0.309 e. The molecule has 0 saturated heterocycles. The highest BCUT2D eigenvalue weighted by atomic mass is 15.2. The Kier molecular flexibility index (Phi) is 10.7. The predicted molar refractivity (Wildman–Crippen MR) is 311 cm³/mol. The van der Waals surface area contributed by atoms with Crippen LogP contribution in [0.5, 0.6) is 0 Å². The molecular formula is C67H45N9. The molecule has 0 aliphatic heterocycles. The summed E-state index contributed by atoms with van der Waals surface area (Å²) < 4.78 is 6.90. The Morgan fingerprint density at radius 1 is 0.395 bits per heavy atom. The molecule has 5 aromatic heterocycles. The van der Waals surface area contributed by atoms with Gasteiger partial charge in [0.1, 0.15) is 0 Å². The lowest BCUT2D eigenvalue weighted by atomic mass is 10.1. The predicted octanol–water partition coefficient (Wildman–Crippen LogP) is 16.2. The van der Waals surface area contributed by atoms with E-state index in [0.29, 0.717) is 35.1 Å². The van der Waals surface area contributed by atoms with Gasteiger partial charge in [-0.15, -0.1) is 0 Å². The number of hydrogen-bond acceptors (Lipinski definition) is 6. The summed E-state index contributed by atoms with van der Waals surface area (Å²) >= 11 is 0. The molecule has 9 heteroatoms. The topological polar surface area (TPSA) is 92.1 Å². The zero-order chi connectivity index (χ0) is 50.7. The van der Waals surface area contributed by atoms with E-state index in [1.54, 1.807) is 6.08 Å². The van der Waals surface area contributed by atoms with E-state index in [9.17, 15) is 0 Å². The monoisotopic (exact) mass is 975 g/mol. The van der Waals surface area contributed by atoms with Gasteiger partial charge in [-0.25, -0.2) is 19.9 Å². The fourth-order valence-corrected chi connectivity index (χ4v) is 10.9. The van der Waals surface area contributed by atoms with Crippen molar-refractivity contribution < 1.29 is 0 Å². The summed E-state index contributed by atoms with van der Waals surface area (Å²) in [4.78, 5) is 31.5. The van der Waals surface area contributed by atoms with Crippen molar-refractivity contribution in [1.29, 1.82) is 0 Å². The number of nitrogens with zero attached hydrogens (tertiary/aromatic N) is 9. The number of hydrogen-bond donors (Lipinski definition) is 0. The van der Waals surface area contributed by atoms with E-state index in [4.69, 9.17) is 29.9 Å². The maximum Gasteiger partial charge on any atom is 0.238 e. The van der Waals surface area contributed by atoms with Crippen LogP contribution in [0.1, 0.15) is 12.7 Å². The Morgan fingerprint density at radius 2 is 0.895 bits per heavy atom. The van der Waals surface area contributed by atoms with E-state index in [2.05, 4.69) is 172 Å². The van der Waals surface area contributed by atoms with Crippen LogP contribution in [0.2, 0.25) is 0 Å². The first kappa shape index (κ1) is 44.3. The third-order valence-corrected chi connectivity index (χ3v) is 14.3. The summed E-state index contributed by atoms with van der Waals surface area (Å²) in [5.41, 5.74) is 12.6. The van der Waals surface area contributed by atoms with Crippen molar-refractivity contribution in [3.63, 3.8) is 0 Å². The van der Waals surface area contributed by atoms with E-state index in [1.807, 2.05) is 91.9 Å². The second kappa shape index (κ2) is 18.3. The lowest BCUT2D eigenvalue weighted by Gasteiger charge is -2.14. The van der Waals surface area contributed by atoms with Gasteiger partial charge in [0.15, 0.2) is 29.1 Å². The highest BCUT2D eigenvalue weighted by Crippen LogP contribution is 2.43. The SMILES string of the molecule is C=C/C=C\C(=C/C)c1nc(-c2cccc(-n3c4ccccc4c4ccc5c(c6ccccc6n5-c5nc(-c6ccccc6)nc(-c6ccccc6)n5)c43)c2)nc(-c2cccc3c4ccccc4n(-c4ccccc4)c23)n1. The Balaban J connectivity index is 1.01. The molecule has 0 spiro atoms. The summed E-state index contributed by atoms with van der Waals surface area (Å²) in [6.45, 7) is 5.97. The van der Waals surface area contributed by atoms with Crippen LogP contribution in [-0.4, -0.2) is 43.6 Å². The van der Waals surface area contributed by atoms with Crippen molar-refractivity contribution in [1.82, 2.24) is 43.6 Å². The fourth-order valence-electron chi connectivity index (χ4n) is 10.9. The number of allylic oxidation sites excluding steroid dienone is 5. The molecule has 0 amide bonds. The van der Waals surface area contributed by atoms with Crippen molar-refractivity contribution >= 4 is 71.0 Å². The molecule has 76 heavy (non-hydrogen) atoms. The zero-order valence-electron chi connectivity index (χ0n) is 41.3. The minimum absolute atomic E-state index is 0.535. The zero-order valence-corrected chi connectivity index (χ0v) is 41.3. The number of aromatic nitrogens is 9. The normalized spacial score (nSPS) is 12.1. The molecule has 0 N–H and O–H groups in total. The molecule has 14 rings (SSSR count). The summed E-state index contributed by atoms with van der Waals surface area (Å²) in [5.74, 6) is 3.40. The first-order valence-electron chi connectivity index (χ1n) is 25.4. The molecule has 0 aliphatic rings. The highest BCUT2D eigenvalue weighted by molar-refractivity contribution is 6.26. The number of rotatable bonds is 10. The molecule has 0 radical (unpaired) electrons. The van der Waals surface area contributed by atoms with Gasteiger partial charge >= 0.3 is 0 Å². The Hall–Kier alpha value is -10.4. The van der Waals surface area contributed by atoms with E-state index in [1.165, 1.54) is 0 Å². The summed E-state index contributed by atoms with van der Waals surface area (Å²) in [5, 5.41) is 6.68. The lowest BCUT2D eigenvalue weighted by Crippen LogP contribution is -2.06. The maximum absolute atomic E-state index is 5.42. The van der Waals surface area contributed by atoms with Crippen LogP contribution in [-0.2, 0) is 0 Å². The van der Waals surface area contributed by atoms with Gasteiger partial charge in [0.05, 0.1) is 33.1 Å². The molecule has 0 saturated carbocycles. The molecular weight excluding hydrogens is 931 g/mol. The van der Waals surface area contributed by atoms with Crippen LogP contribution in [0.25, 0.3) is 134 Å². The molecule has 14 aromatic rings. The van der Waals surface area contributed by atoms with Crippen molar-refractivity contribution in [2.75, 3.05) is 0 Å². The first-order chi connectivity index (χ1) is 37.6. The number of benzene rings is 9. The third kappa shape index (κ3) is 7.24. The van der Waals surface area contributed by atoms with Crippen LogP contribution in [0.4, 0.5) is 0 Å². The van der Waals surface area contributed by atoms with Gasteiger partial charge in [-0.3, -0.25) is 4.57 Å². The van der Waals surface area contributed by atoms with Gasteiger partial charge in [-0.1, -0.05) is 195 Å². The van der Waals surface area contributed by atoms with E-state index in [0.717, 1.165) is 105 Å². The van der Waals surface area contributed by atoms with Gasteiger partial charge < -0.3 is 9.13 Å². The lowest BCUT2D eigenvalue weighted by molar-refractivity contribution is 0.953. The second-order valence-corrected chi connectivity index (χ2v) is 18.7. The van der Waals surface area contributed by atoms with E-state index in [-0.39, 0.29) is 0 Å². The smallest absolute Gasteiger partial charge is 0.238 e. The summed E-state index contributed by atoms with van der Waals surface area (Å²) in [6.07, 6.45) is 7.71. The van der Waals surface area contributed by atoms with Crippen molar-refractivity contribution in [2.24, 2.45) is 0 Å². The summed E-state index contributed by atoms with van der Waals surface area (Å²) in [7, 11) is 0. The van der Waals surface area contributed by atoms with Crippen LogP contribution in [0.15, 0.2) is 249 Å². The van der Waals surface area contributed by atoms with Gasteiger partial charge in [0.2, 0.25) is 5.95 Å². The quantitative estimate of drug-likeness (QED) is 0.127. The van der Waals surface area contributed by atoms with Crippen LogP contribution < -0.4 is 0 Å². The largest absolute Gasteiger partial charge is 0.309 e. The van der Waals surface area contributed by atoms with Crippen LogP contribution in [0.3, 0.4) is 0 Å². The average Bonchev–Trinajstić information content (AvgIpc) is 4.31. The van der Waals surface area contributed by atoms with Crippen molar-refractivity contribution in [3.05, 3.63) is 255 Å². The van der Waals surface area contributed by atoms with Crippen molar-refractivity contribution in [3.8, 4) is 62.9 Å². The Labute approximate surface area is 437 Å². The second-order valence-electron chi connectivity index (χ2n) is 18.7. The fraction of sp³-hybridized carbons (Fsp3) is 0.0149. The molecule has 0 aliphatic carbocycles. The summed E-state index contributed by atoms with van der Waals surface area (Å²) in [6, 6.07) is 75.9. The van der Waals surface area contributed by atoms with Gasteiger partial charge in [-0.05, 0) is 61.5 Å². The molecule has 0 bridgehead atoms. The molecule has 0 atom stereocenters. The maximum atomic E-state index is 5.42. The van der Waals surface area contributed by atoms with Crippen LogP contribution >= 0.6 is 0 Å². The standard InChI is InChI=1S/C67H45N9/c1-3-5-23-43(4-2)62-68-65(71-66(70-62)54-36-22-35-51-49-32-15-18-37-55(49)74(60(51)54)47-29-13-8-14-30-47)46-28-21-31-48(42-46)75-56-38-19-16-33-50(56)52-40-41-58-59(61(52)75)53-34-17-20-39-57(53)76(58)67-72-63(44-24-9-6-10-25-44)69-64(73-67)45-26-11-7-12-27-45/h3-42H,1H2,2H3/b23-5-,43-4+. The molecule has 9 nitrogen and oxygen atoms in total. The Bertz CT molecular complexity index is 4600. The molecule has 0 fully saturated rings. The van der Waals surface area contributed by atoms with Gasteiger partial charge in [-0.2, -0.15) is 9.97 Å². The third-order valence-electron chi connectivity index (χ3n) is 14.3. The van der Waals surface area contributed by atoms with E-state index < -0.39 is 0 Å². The molecule has 358 valence electrons. The Morgan fingerprint density at radius 3 is 1.55 bits per heavy atom. The number of para-hydroxylation sites is 5. The molecule has 0 unspecified atom stereocenters. The van der Waals surface area contributed by atoms with Crippen molar-refractivity contribution in [2.45, 2.75) is 6.92 Å². The average molecular weight is 976 g/mol.